The Kier molecular flexibility index (Phi) is 4.49. The zero-order chi connectivity index (χ0) is 11.3. The Bertz CT molecular complexity index is 350. The number of thioether (sulfide) groups is 1. The standard InChI is InChI=1S/C11H14O3S/c1-8(12)15-7-9-4-5-10(13-2)11(6-9)14-3/h4-6H,7H2,1-3H3. The maximum absolute atomic E-state index is 10.8. The summed E-state index contributed by atoms with van der Waals surface area (Å²) < 4.78 is 10.3. The number of hydrogen-bond acceptors (Lipinski definition) is 4. The van der Waals surface area contributed by atoms with Gasteiger partial charge in [0.15, 0.2) is 16.6 Å². The van der Waals surface area contributed by atoms with Crippen molar-refractivity contribution < 1.29 is 14.3 Å². The molecule has 4 heteroatoms. The van der Waals surface area contributed by atoms with Crippen LogP contribution in [0.1, 0.15) is 12.5 Å². The second-order valence-corrected chi connectivity index (χ2v) is 4.12. The van der Waals surface area contributed by atoms with Gasteiger partial charge in [-0.2, -0.15) is 0 Å². The molecular weight excluding hydrogens is 212 g/mol. The van der Waals surface area contributed by atoms with Gasteiger partial charge in [0.2, 0.25) is 0 Å². The normalized spacial score (nSPS) is 9.80. The van der Waals surface area contributed by atoms with Gasteiger partial charge >= 0.3 is 0 Å². The van der Waals surface area contributed by atoms with Crippen LogP contribution in [0.5, 0.6) is 11.5 Å². The molecule has 0 aliphatic heterocycles. The summed E-state index contributed by atoms with van der Waals surface area (Å²) in [7, 11) is 3.20. The van der Waals surface area contributed by atoms with Gasteiger partial charge in [0.1, 0.15) is 0 Å². The Balaban J connectivity index is 2.78. The third-order valence-electron chi connectivity index (χ3n) is 1.89. The molecule has 0 unspecified atom stereocenters. The third kappa shape index (κ3) is 3.47. The number of carbonyl (C=O) groups is 1. The van der Waals surface area contributed by atoms with E-state index in [1.165, 1.54) is 11.8 Å². The van der Waals surface area contributed by atoms with Crippen LogP contribution in [-0.4, -0.2) is 19.3 Å². The lowest BCUT2D eigenvalue weighted by molar-refractivity contribution is -0.109. The minimum Gasteiger partial charge on any atom is -0.493 e. The zero-order valence-corrected chi connectivity index (χ0v) is 9.89. The van der Waals surface area contributed by atoms with E-state index in [1.54, 1.807) is 21.1 Å². The molecule has 0 aliphatic rings. The highest BCUT2D eigenvalue weighted by Gasteiger charge is 2.05. The van der Waals surface area contributed by atoms with Crippen LogP contribution in [-0.2, 0) is 10.5 Å². The van der Waals surface area contributed by atoms with E-state index in [2.05, 4.69) is 0 Å². The van der Waals surface area contributed by atoms with E-state index in [0.717, 1.165) is 5.56 Å². The number of benzene rings is 1. The smallest absolute Gasteiger partial charge is 0.186 e. The predicted octanol–water partition coefficient (Wildman–Crippen LogP) is 2.48. The fourth-order valence-electron chi connectivity index (χ4n) is 1.16. The van der Waals surface area contributed by atoms with Crippen LogP contribution < -0.4 is 9.47 Å². The molecule has 0 bridgehead atoms. The summed E-state index contributed by atoms with van der Waals surface area (Å²) >= 11 is 1.28. The van der Waals surface area contributed by atoms with Gasteiger partial charge < -0.3 is 9.47 Å². The van der Waals surface area contributed by atoms with E-state index < -0.39 is 0 Å². The second kappa shape index (κ2) is 5.66. The zero-order valence-electron chi connectivity index (χ0n) is 9.07. The van der Waals surface area contributed by atoms with Gasteiger partial charge in [-0.05, 0) is 17.7 Å². The van der Waals surface area contributed by atoms with Gasteiger partial charge in [0.05, 0.1) is 14.2 Å². The molecule has 0 fully saturated rings. The molecule has 0 N–H and O–H groups in total. The first-order valence-corrected chi connectivity index (χ1v) is 5.50. The van der Waals surface area contributed by atoms with E-state index in [9.17, 15) is 4.79 Å². The molecule has 0 radical (unpaired) electrons. The topological polar surface area (TPSA) is 35.5 Å². The highest BCUT2D eigenvalue weighted by Crippen LogP contribution is 2.28. The van der Waals surface area contributed by atoms with Crippen molar-refractivity contribution in [3.8, 4) is 11.5 Å². The first kappa shape index (κ1) is 11.9. The van der Waals surface area contributed by atoms with Gasteiger partial charge in [-0.3, -0.25) is 4.79 Å². The first-order valence-electron chi connectivity index (χ1n) is 4.51. The Morgan fingerprint density at radius 1 is 1.27 bits per heavy atom. The lowest BCUT2D eigenvalue weighted by Crippen LogP contribution is -1.92. The Morgan fingerprint density at radius 3 is 2.47 bits per heavy atom. The average Bonchev–Trinajstić information content (AvgIpc) is 2.25. The molecule has 0 amide bonds. The predicted molar refractivity (Wildman–Crippen MR) is 61.5 cm³/mol. The van der Waals surface area contributed by atoms with Gasteiger partial charge in [0.25, 0.3) is 0 Å². The second-order valence-electron chi connectivity index (χ2n) is 2.97. The maximum Gasteiger partial charge on any atom is 0.186 e. The molecule has 0 aromatic heterocycles. The molecule has 82 valence electrons. The van der Waals surface area contributed by atoms with Crippen molar-refractivity contribution in [2.24, 2.45) is 0 Å². The highest BCUT2D eigenvalue weighted by molar-refractivity contribution is 8.12. The van der Waals surface area contributed by atoms with Crippen LogP contribution in [0.25, 0.3) is 0 Å². The van der Waals surface area contributed by atoms with E-state index in [0.29, 0.717) is 17.3 Å². The molecule has 0 spiro atoms. The molecule has 0 aliphatic carbocycles. The summed E-state index contributed by atoms with van der Waals surface area (Å²) in [6, 6.07) is 5.65. The van der Waals surface area contributed by atoms with Crippen LogP contribution in [0.3, 0.4) is 0 Å². The van der Waals surface area contributed by atoms with E-state index in [1.807, 2.05) is 18.2 Å². The third-order valence-corrected chi connectivity index (χ3v) is 2.77. The van der Waals surface area contributed by atoms with Gasteiger partial charge in [-0.15, -0.1) is 0 Å². The monoisotopic (exact) mass is 226 g/mol. The van der Waals surface area contributed by atoms with Crippen LogP contribution in [0.2, 0.25) is 0 Å². The van der Waals surface area contributed by atoms with E-state index in [4.69, 9.17) is 9.47 Å². The average molecular weight is 226 g/mol. The van der Waals surface area contributed by atoms with Gasteiger partial charge in [-0.1, -0.05) is 17.8 Å². The minimum absolute atomic E-state index is 0.116. The van der Waals surface area contributed by atoms with Crippen LogP contribution >= 0.6 is 11.8 Å². The summed E-state index contributed by atoms with van der Waals surface area (Å²) in [6.45, 7) is 1.56. The number of methoxy groups -OCH3 is 2. The van der Waals surface area contributed by atoms with E-state index in [-0.39, 0.29) is 5.12 Å². The van der Waals surface area contributed by atoms with Crippen LogP contribution in [0.4, 0.5) is 0 Å². The molecule has 1 aromatic rings. The van der Waals surface area contributed by atoms with Gasteiger partial charge in [0, 0.05) is 12.7 Å². The summed E-state index contributed by atoms with van der Waals surface area (Å²) in [4.78, 5) is 10.8. The molecule has 0 saturated heterocycles. The molecular formula is C11H14O3S. The number of rotatable bonds is 4. The van der Waals surface area contributed by atoms with Crippen molar-refractivity contribution in [1.82, 2.24) is 0 Å². The summed E-state index contributed by atoms with van der Waals surface area (Å²) in [5.74, 6) is 2.06. The Hall–Kier alpha value is -1.16. The summed E-state index contributed by atoms with van der Waals surface area (Å²) in [5, 5.41) is 0.116. The number of ether oxygens (including phenoxy) is 2. The van der Waals surface area contributed by atoms with Crippen molar-refractivity contribution in [3.63, 3.8) is 0 Å². The quantitative estimate of drug-likeness (QED) is 0.790. The maximum atomic E-state index is 10.8. The first-order chi connectivity index (χ1) is 7.17. The molecule has 1 rings (SSSR count). The van der Waals surface area contributed by atoms with Crippen molar-refractivity contribution in [2.75, 3.05) is 14.2 Å². The lowest BCUT2D eigenvalue weighted by atomic mass is 10.2. The molecule has 1 aromatic carbocycles. The fraction of sp³-hybridized carbons (Fsp3) is 0.364. The Morgan fingerprint density at radius 2 is 1.93 bits per heavy atom. The summed E-state index contributed by atoms with van der Waals surface area (Å²) in [6.07, 6.45) is 0. The highest BCUT2D eigenvalue weighted by atomic mass is 32.2. The molecule has 0 saturated carbocycles. The number of carbonyl (C=O) groups excluding carboxylic acids is 1. The molecule has 15 heavy (non-hydrogen) atoms. The van der Waals surface area contributed by atoms with Crippen molar-refractivity contribution in [2.45, 2.75) is 12.7 Å². The van der Waals surface area contributed by atoms with Crippen molar-refractivity contribution in [3.05, 3.63) is 23.8 Å². The fourth-order valence-corrected chi connectivity index (χ4v) is 1.70. The van der Waals surface area contributed by atoms with Crippen molar-refractivity contribution in [1.29, 1.82) is 0 Å². The lowest BCUT2D eigenvalue weighted by Gasteiger charge is -2.08. The summed E-state index contributed by atoms with van der Waals surface area (Å²) in [5.41, 5.74) is 1.05. The molecule has 0 atom stereocenters. The molecule has 3 nitrogen and oxygen atoms in total. The van der Waals surface area contributed by atoms with Crippen LogP contribution in [0.15, 0.2) is 18.2 Å². The minimum atomic E-state index is 0.116. The SMILES string of the molecule is COc1ccc(CSC(C)=O)cc1OC. The Labute approximate surface area is 93.8 Å². The van der Waals surface area contributed by atoms with E-state index >= 15 is 0 Å². The van der Waals surface area contributed by atoms with Gasteiger partial charge in [-0.25, -0.2) is 0 Å². The van der Waals surface area contributed by atoms with Crippen molar-refractivity contribution >= 4 is 16.9 Å². The molecule has 0 heterocycles. The van der Waals surface area contributed by atoms with Crippen LogP contribution in [0, 0.1) is 0 Å². The number of hydrogen-bond donors (Lipinski definition) is 0. The largest absolute Gasteiger partial charge is 0.493 e.